The van der Waals surface area contributed by atoms with Crippen molar-refractivity contribution in [2.45, 2.75) is 31.6 Å². The van der Waals surface area contributed by atoms with E-state index < -0.39 is 5.82 Å². The maximum Gasteiger partial charge on any atom is 0.153 e. The molecule has 2 aromatic carbocycles. The van der Waals surface area contributed by atoms with Crippen LogP contribution >= 0.6 is 0 Å². The topological polar surface area (TPSA) is 95.4 Å². The van der Waals surface area contributed by atoms with Crippen molar-refractivity contribution in [3.8, 4) is 22.8 Å². The number of hydrogen-bond donors (Lipinski definition) is 1. The van der Waals surface area contributed by atoms with Crippen LogP contribution in [0.15, 0.2) is 54.9 Å². The SMILES string of the molecule is Nc1ncnn2c(C3CCC(=O)CC3)nc(-c3ccc(Oc4ccccc4)cc3F)c12. The zero-order valence-corrected chi connectivity index (χ0v) is 16.7. The summed E-state index contributed by atoms with van der Waals surface area (Å²) in [4.78, 5) is 20.5. The molecule has 5 rings (SSSR count). The highest BCUT2D eigenvalue weighted by Gasteiger charge is 2.28. The van der Waals surface area contributed by atoms with Crippen LogP contribution in [0.4, 0.5) is 10.2 Å². The van der Waals surface area contributed by atoms with Gasteiger partial charge in [0.15, 0.2) is 5.82 Å². The molecular formula is C23H20FN5O2. The summed E-state index contributed by atoms with van der Waals surface area (Å²) in [7, 11) is 0. The Balaban J connectivity index is 1.56. The number of nitrogens with zero attached hydrogens (tertiary/aromatic N) is 4. The predicted octanol–water partition coefficient (Wildman–Crippen LogP) is 4.53. The van der Waals surface area contributed by atoms with Crippen molar-refractivity contribution in [1.82, 2.24) is 19.6 Å². The summed E-state index contributed by atoms with van der Waals surface area (Å²) < 4.78 is 22.5. The standard InChI is InChI=1S/C23H20FN5O2/c24-19-12-17(31-16-4-2-1-3-5-16)10-11-18(19)20-21-22(25)26-13-27-29(21)23(28-20)14-6-8-15(30)9-7-14/h1-5,10-14H,6-9H2,(H2,25,26,27). The molecule has 0 saturated heterocycles. The van der Waals surface area contributed by atoms with E-state index in [1.807, 2.05) is 18.2 Å². The minimum absolute atomic E-state index is 0.0528. The average molecular weight is 417 g/mol. The molecule has 0 atom stereocenters. The number of imidazole rings is 1. The van der Waals surface area contributed by atoms with Crippen molar-refractivity contribution >= 4 is 17.1 Å². The zero-order chi connectivity index (χ0) is 21.4. The number of rotatable bonds is 4. The van der Waals surface area contributed by atoms with Gasteiger partial charge in [-0.15, -0.1) is 0 Å². The second-order valence-corrected chi connectivity index (χ2v) is 7.59. The van der Waals surface area contributed by atoms with Crippen molar-refractivity contribution in [2.75, 3.05) is 5.73 Å². The highest BCUT2D eigenvalue weighted by Crippen LogP contribution is 2.37. The zero-order valence-electron chi connectivity index (χ0n) is 16.7. The molecule has 1 saturated carbocycles. The number of nitrogens with two attached hydrogens (primary N) is 1. The lowest BCUT2D eigenvalue weighted by Gasteiger charge is -2.19. The van der Waals surface area contributed by atoms with Crippen LogP contribution in [0.3, 0.4) is 0 Å². The fraction of sp³-hybridized carbons (Fsp3) is 0.217. The molecule has 0 radical (unpaired) electrons. The Hall–Kier alpha value is -3.81. The van der Waals surface area contributed by atoms with Gasteiger partial charge in [0.2, 0.25) is 0 Å². The van der Waals surface area contributed by atoms with E-state index in [0.717, 1.165) is 0 Å². The summed E-state index contributed by atoms with van der Waals surface area (Å²) in [6.45, 7) is 0. The van der Waals surface area contributed by atoms with Gasteiger partial charge in [0.05, 0.1) is 0 Å². The van der Waals surface area contributed by atoms with E-state index in [4.69, 9.17) is 15.5 Å². The van der Waals surface area contributed by atoms with Crippen LogP contribution in [0, 0.1) is 5.82 Å². The van der Waals surface area contributed by atoms with E-state index in [-0.39, 0.29) is 23.1 Å². The van der Waals surface area contributed by atoms with Crippen molar-refractivity contribution in [1.29, 1.82) is 0 Å². The number of ketones is 1. The molecule has 8 heteroatoms. The van der Waals surface area contributed by atoms with Crippen LogP contribution in [0.5, 0.6) is 11.5 Å². The first-order valence-corrected chi connectivity index (χ1v) is 10.1. The molecular weight excluding hydrogens is 397 g/mol. The normalized spacial score (nSPS) is 14.8. The van der Waals surface area contributed by atoms with Gasteiger partial charge in [-0.2, -0.15) is 5.10 Å². The Morgan fingerprint density at radius 1 is 1.06 bits per heavy atom. The largest absolute Gasteiger partial charge is 0.457 e. The molecule has 2 heterocycles. The monoisotopic (exact) mass is 417 g/mol. The molecule has 1 aliphatic rings. The van der Waals surface area contributed by atoms with E-state index in [1.165, 1.54) is 12.4 Å². The Morgan fingerprint density at radius 2 is 1.84 bits per heavy atom. The van der Waals surface area contributed by atoms with Crippen LogP contribution in [0.25, 0.3) is 16.8 Å². The highest BCUT2D eigenvalue weighted by molar-refractivity contribution is 5.85. The van der Waals surface area contributed by atoms with E-state index >= 15 is 4.39 Å². The number of hydrogen-bond acceptors (Lipinski definition) is 6. The summed E-state index contributed by atoms with van der Waals surface area (Å²) in [6.07, 6.45) is 3.75. The molecule has 0 bridgehead atoms. The number of carbonyl (C=O) groups excluding carboxylic acids is 1. The number of para-hydroxylation sites is 1. The van der Waals surface area contributed by atoms with Gasteiger partial charge in [-0.3, -0.25) is 4.79 Å². The van der Waals surface area contributed by atoms with Crippen LogP contribution in [-0.2, 0) is 4.79 Å². The van der Waals surface area contributed by atoms with Crippen molar-refractivity contribution < 1.29 is 13.9 Å². The third-order valence-electron chi connectivity index (χ3n) is 5.57. The first-order chi connectivity index (χ1) is 15.1. The molecule has 156 valence electrons. The fourth-order valence-electron chi connectivity index (χ4n) is 4.00. The molecule has 2 aromatic heterocycles. The summed E-state index contributed by atoms with van der Waals surface area (Å²) >= 11 is 0. The number of Topliss-reactive ketones (excluding diaryl/α,β-unsaturated/α-hetero) is 1. The van der Waals surface area contributed by atoms with Gasteiger partial charge < -0.3 is 10.5 Å². The quantitative estimate of drug-likeness (QED) is 0.524. The number of halogens is 1. The van der Waals surface area contributed by atoms with E-state index in [9.17, 15) is 4.79 Å². The number of fused-ring (bicyclic) bond motifs is 1. The van der Waals surface area contributed by atoms with Gasteiger partial charge in [0.25, 0.3) is 0 Å². The number of nitrogen functional groups attached to an aromatic ring is 1. The third kappa shape index (κ3) is 3.61. The van der Waals surface area contributed by atoms with Crippen LogP contribution in [-0.4, -0.2) is 25.4 Å². The van der Waals surface area contributed by atoms with Crippen LogP contribution in [0.1, 0.15) is 37.4 Å². The lowest BCUT2D eigenvalue weighted by Crippen LogP contribution is -2.15. The van der Waals surface area contributed by atoms with Crippen molar-refractivity contribution in [3.05, 3.63) is 66.5 Å². The Morgan fingerprint density at radius 3 is 2.58 bits per heavy atom. The van der Waals surface area contributed by atoms with Gasteiger partial charge in [0, 0.05) is 30.4 Å². The molecule has 0 aliphatic heterocycles. The molecule has 0 amide bonds. The van der Waals surface area contributed by atoms with E-state index in [0.29, 0.717) is 54.2 Å². The lowest BCUT2D eigenvalue weighted by atomic mass is 9.88. The van der Waals surface area contributed by atoms with Gasteiger partial charge in [-0.05, 0) is 37.1 Å². The number of ether oxygens (including phenoxy) is 1. The Bertz CT molecular complexity index is 1260. The maximum absolute atomic E-state index is 15.1. The lowest BCUT2D eigenvalue weighted by molar-refractivity contribution is -0.120. The summed E-state index contributed by atoms with van der Waals surface area (Å²) in [5, 5.41) is 4.32. The molecule has 2 N–H and O–H groups in total. The molecule has 31 heavy (non-hydrogen) atoms. The Labute approximate surface area is 177 Å². The van der Waals surface area contributed by atoms with Crippen LogP contribution in [0.2, 0.25) is 0 Å². The maximum atomic E-state index is 15.1. The minimum Gasteiger partial charge on any atom is -0.457 e. The number of aromatic nitrogens is 4. The molecule has 0 unspecified atom stereocenters. The van der Waals surface area contributed by atoms with Crippen molar-refractivity contribution in [2.24, 2.45) is 0 Å². The second-order valence-electron chi connectivity index (χ2n) is 7.59. The van der Waals surface area contributed by atoms with Gasteiger partial charge in [-0.1, -0.05) is 18.2 Å². The van der Waals surface area contributed by atoms with E-state index in [2.05, 4.69) is 10.1 Å². The average Bonchev–Trinajstić information content (AvgIpc) is 3.16. The molecule has 4 aromatic rings. The smallest absolute Gasteiger partial charge is 0.153 e. The molecule has 7 nitrogen and oxygen atoms in total. The van der Waals surface area contributed by atoms with Gasteiger partial charge in [0.1, 0.15) is 46.5 Å². The molecule has 1 fully saturated rings. The number of anilines is 1. The first kappa shape index (κ1) is 19.2. The van der Waals surface area contributed by atoms with Crippen molar-refractivity contribution in [3.63, 3.8) is 0 Å². The summed E-state index contributed by atoms with van der Waals surface area (Å²) in [5.41, 5.74) is 7.26. The van der Waals surface area contributed by atoms with Crippen LogP contribution < -0.4 is 10.5 Å². The van der Waals surface area contributed by atoms with Gasteiger partial charge in [-0.25, -0.2) is 18.9 Å². The fourth-order valence-corrected chi connectivity index (χ4v) is 4.00. The summed E-state index contributed by atoms with van der Waals surface area (Å²) in [6, 6.07) is 13.8. The van der Waals surface area contributed by atoms with Gasteiger partial charge >= 0.3 is 0 Å². The summed E-state index contributed by atoms with van der Waals surface area (Å²) in [5.74, 6) is 1.72. The predicted molar refractivity (Wildman–Crippen MR) is 113 cm³/mol. The second kappa shape index (κ2) is 7.79. The highest BCUT2D eigenvalue weighted by atomic mass is 19.1. The van der Waals surface area contributed by atoms with E-state index in [1.54, 1.807) is 28.8 Å². The first-order valence-electron chi connectivity index (χ1n) is 10.1. The number of carbonyl (C=O) groups is 1. The minimum atomic E-state index is -0.484. The Kier molecular flexibility index (Phi) is 4.82. The molecule has 0 spiro atoms. The third-order valence-corrected chi connectivity index (χ3v) is 5.57. The number of benzene rings is 2. The molecule has 1 aliphatic carbocycles.